The third-order valence-electron chi connectivity index (χ3n) is 2.50. The minimum absolute atomic E-state index is 0.0839. The van der Waals surface area contributed by atoms with Crippen LogP contribution in [-0.2, 0) is 4.79 Å². The summed E-state index contributed by atoms with van der Waals surface area (Å²) in [6.45, 7) is 5.87. The maximum Gasteiger partial charge on any atom is 0.217 e. The van der Waals surface area contributed by atoms with Gasteiger partial charge in [0.25, 0.3) is 0 Å². The predicted molar refractivity (Wildman–Crippen MR) is 40.6 cm³/mol. The summed E-state index contributed by atoms with van der Waals surface area (Å²) in [5.74, 6) is 0.0839. The van der Waals surface area contributed by atoms with E-state index < -0.39 is 0 Å². The number of hydrogen-bond donors (Lipinski definition) is 1. The van der Waals surface area contributed by atoms with Crippen LogP contribution in [0.2, 0.25) is 0 Å². The molecule has 1 aliphatic rings. The second-order valence-corrected chi connectivity index (χ2v) is 3.58. The normalized spacial score (nSPS) is 23.5. The highest BCUT2D eigenvalue weighted by Crippen LogP contribution is 2.47. The van der Waals surface area contributed by atoms with Crippen molar-refractivity contribution in [2.75, 3.05) is 0 Å². The van der Waals surface area contributed by atoms with Gasteiger partial charge in [-0.15, -0.1) is 0 Å². The highest BCUT2D eigenvalue weighted by molar-refractivity contribution is 5.73. The molecule has 0 radical (unpaired) electrons. The zero-order valence-electron chi connectivity index (χ0n) is 6.90. The van der Waals surface area contributed by atoms with Gasteiger partial charge in [0.2, 0.25) is 5.91 Å². The average molecular weight is 141 g/mol. The third-order valence-corrected chi connectivity index (χ3v) is 2.50. The summed E-state index contributed by atoms with van der Waals surface area (Å²) in [7, 11) is 0. The Hall–Kier alpha value is -0.530. The van der Waals surface area contributed by atoms with Crippen molar-refractivity contribution in [3.05, 3.63) is 0 Å². The monoisotopic (exact) mass is 141 g/mol. The fourth-order valence-electron chi connectivity index (χ4n) is 1.11. The van der Waals surface area contributed by atoms with Crippen molar-refractivity contribution >= 4 is 5.91 Å². The zero-order valence-corrected chi connectivity index (χ0v) is 6.90. The van der Waals surface area contributed by atoms with E-state index in [0.717, 1.165) is 0 Å². The molecule has 1 fully saturated rings. The van der Waals surface area contributed by atoms with E-state index >= 15 is 0 Å². The molecule has 0 aromatic rings. The van der Waals surface area contributed by atoms with Crippen LogP contribution < -0.4 is 5.32 Å². The van der Waals surface area contributed by atoms with E-state index in [9.17, 15) is 4.79 Å². The summed E-state index contributed by atoms with van der Waals surface area (Å²) >= 11 is 0. The Morgan fingerprint density at radius 1 is 1.60 bits per heavy atom. The second kappa shape index (κ2) is 2.26. The van der Waals surface area contributed by atoms with Crippen molar-refractivity contribution in [3.63, 3.8) is 0 Å². The van der Waals surface area contributed by atoms with E-state index in [4.69, 9.17) is 0 Å². The van der Waals surface area contributed by atoms with Gasteiger partial charge in [-0.25, -0.2) is 0 Å². The van der Waals surface area contributed by atoms with Crippen molar-refractivity contribution in [3.8, 4) is 0 Å². The molecule has 0 bridgehead atoms. The van der Waals surface area contributed by atoms with Crippen LogP contribution >= 0.6 is 0 Å². The third kappa shape index (κ3) is 1.49. The number of carbonyl (C=O) groups excluding carboxylic acids is 1. The summed E-state index contributed by atoms with van der Waals surface area (Å²) in [6, 6.07) is 0.352. The Balaban J connectivity index is 2.34. The lowest BCUT2D eigenvalue weighted by Crippen LogP contribution is -2.36. The van der Waals surface area contributed by atoms with Crippen molar-refractivity contribution < 1.29 is 4.79 Å². The molecule has 2 heteroatoms. The molecule has 0 saturated heterocycles. The van der Waals surface area contributed by atoms with E-state index in [0.29, 0.717) is 11.5 Å². The fraction of sp³-hybridized carbons (Fsp3) is 0.875. The molecule has 0 aromatic carbocycles. The molecule has 0 spiro atoms. The van der Waals surface area contributed by atoms with Gasteiger partial charge in [0, 0.05) is 13.0 Å². The minimum atomic E-state index is 0.0839. The lowest BCUT2D eigenvalue weighted by Gasteiger charge is -2.18. The molecule has 1 atom stereocenters. The average Bonchev–Trinajstić information content (AvgIpc) is 2.47. The van der Waals surface area contributed by atoms with Crippen LogP contribution in [0.5, 0.6) is 0 Å². The van der Waals surface area contributed by atoms with Crippen LogP contribution in [0.4, 0.5) is 0 Å². The summed E-state index contributed by atoms with van der Waals surface area (Å²) < 4.78 is 0. The van der Waals surface area contributed by atoms with E-state index in [1.807, 2.05) is 0 Å². The molecular weight excluding hydrogens is 126 g/mol. The molecule has 0 heterocycles. The van der Waals surface area contributed by atoms with E-state index in [2.05, 4.69) is 19.2 Å². The predicted octanol–water partition coefficient (Wildman–Crippen LogP) is 1.31. The van der Waals surface area contributed by atoms with E-state index in [1.54, 1.807) is 6.92 Å². The number of hydrogen-bond acceptors (Lipinski definition) is 1. The Labute approximate surface area is 62.0 Å². The van der Waals surface area contributed by atoms with Crippen molar-refractivity contribution in [1.82, 2.24) is 5.32 Å². The highest BCUT2D eigenvalue weighted by atomic mass is 16.1. The molecular formula is C8H15NO. The SMILES string of the molecule is CC(=O)NC(C)C1(C)CC1. The van der Waals surface area contributed by atoms with Crippen LogP contribution in [0.3, 0.4) is 0 Å². The molecule has 10 heavy (non-hydrogen) atoms. The lowest BCUT2D eigenvalue weighted by atomic mass is 10.0. The maximum absolute atomic E-state index is 10.6. The number of carbonyl (C=O) groups is 1. The summed E-state index contributed by atoms with van der Waals surface area (Å²) in [4.78, 5) is 10.6. The van der Waals surface area contributed by atoms with Crippen LogP contribution in [0, 0.1) is 5.41 Å². The molecule has 1 amide bonds. The summed E-state index contributed by atoms with van der Waals surface area (Å²) in [5.41, 5.74) is 0.408. The van der Waals surface area contributed by atoms with Crippen LogP contribution in [0.15, 0.2) is 0 Å². The molecule has 0 aromatic heterocycles. The summed E-state index contributed by atoms with van der Waals surface area (Å²) in [6.07, 6.45) is 2.52. The van der Waals surface area contributed by atoms with Gasteiger partial charge >= 0.3 is 0 Å². The van der Waals surface area contributed by atoms with Gasteiger partial charge in [0.1, 0.15) is 0 Å². The fourth-order valence-corrected chi connectivity index (χ4v) is 1.11. The Kier molecular flexibility index (Phi) is 1.71. The molecule has 58 valence electrons. The Morgan fingerprint density at radius 3 is 2.40 bits per heavy atom. The van der Waals surface area contributed by atoms with Crippen LogP contribution in [0.1, 0.15) is 33.6 Å². The van der Waals surface area contributed by atoms with Crippen molar-refractivity contribution in [2.24, 2.45) is 5.41 Å². The number of rotatable bonds is 2. The van der Waals surface area contributed by atoms with Gasteiger partial charge in [-0.3, -0.25) is 4.79 Å². The lowest BCUT2D eigenvalue weighted by molar-refractivity contribution is -0.119. The number of nitrogens with one attached hydrogen (secondary N) is 1. The first kappa shape index (κ1) is 7.58. The van der Waals surface area contributed by atoms with Gasteiger partial charge in [-0.2, -0.15) is 0 Å². The second-order valence-electron chi connectivity index (χ2n) is 3.58. The van der Waals surface area contributed by atoms with Crippen molar-refractivity contribution in [1.29, 1.82) is 0 Å². The van der Waals surface area contributed by atoms with Gasteiger partial charge in [-0.1, -0.05) is 6.92 Å². The van der Waals surface area contributed by atoms with Crippen molar-refractivity contribution in [2.45, 2.75) is 39.7 Å². The largest absolute Gasteiger partial charge is 0.353 e. The smallest absolute Gasteiger partial charge is 0.217 e. The zero-order chi connectivity index (χ0) is 7.78. The van der Waals surface area contributed by atoms with Gasteiger partial charge in [0.05, 0.1) is 0 Å². The molecule has 2 nitrogen and oxygen atoms in total. The summed E-state index contributed by atoms with van der Waals surface area (Å²) in [5, 5.41) is 2.91. The Morgan fingerprint density at radius 2 is 2.10 bits per heavy atom. The van der Waals surface area contributed by atoms with Crippen LogP contribution in [0.25, 0.3) is 0 Å². The molecule has 0 aliphatic heterocycles. The van der Waals surface area contributed by atoms with E-state index in [-0.39, 0.29) is 5.91 Å². The highest BCUT2D eigenvalue weighted by Gasteiger charge is 2.42. The first-order valence-electron chi connectivity index (χ1n) is 3.82. The molecule has 1 saturated carbocycles. The van der Waals surface area contributed by atoms with Gasteiger partial charge in [-0.05, 0) is 25.2 Å². The first-order valence-corrected chi connectivity index (χ1v) is 3.82. The first-order chi connectivity index (χ1) is 4.54. The topological polar surface area (TPSA) is 29.1 Å². The molecule has 1 N–H and O–H groups in total. The van der Waals surface area contributed by atoms with Crippen LogP contribution in [-0.4, -0.2) is 11.9 Å². The van der Waals surface area contributed by atoms with Gasteiger partial charge < -0.3 is 5.32 Å². The number of amides is 1. The maximum atomic E-state index is 10.6. The molecule has 1 unspecified atom stereocenters. The van der Waals surface area contributed by atoms with E-state index in [1.165, 1.54) is 12.8 Å². The molecule has 1 aliphatic carbocycles. The Bertz CT molecular complexity index is 149. The standard InChI is InChI=1S/C8H15NO/c1-6(9-7(2)10)8(3)4-5-8/h6H,4-5H2,1-3H3,(H,9,10). The molecule has 1 rings (SSSR count). The minimum Gasteiger partial charge on any atom is -0.353 e. The quantitative estimate of drug-likeness (QED) is 0.617. The van der Waals surface area contributed by atoms with Gasteiger partial charge in [0.15, 0.2) is 0 Å².